The zero-order chi connectivity index (χ0) is 30.0. The SMILES string of the molecule is O=S(=O)(OS(c1ccccc1)(c1ccccc1)c1ccc(OCCO)cc1)C(F)(F)C(F)(F)C(F)(F)C(F)(F)F. The van der Waals surface area contributed by atoms with Gasteiger partial charge in [0.15, 0.2) is 0 Å². The molecule has 16 heteroatoms. The van der Waals surface area contributed by atoms with Crippen LogP contribution in [0.1, 0.15) is 0 Å². The number of rotatable bonds is 11. The van der Waals surface area contributed by atoms with Gasteiger partial charge in [0.25, 0.3) is 0 Å². The predicted molar refractivity (Wildman–Crippen MR) is 125 cm³/mol. The normalized spacial score (nSPS) is 14.2. The van der Waals surface area contributed by atoms with E-state index < -0.39 is 50.3 Å². The highest BCUT2D eigenvalue weighted by Crippen LogP contribution is 2.71. The molecule has 0 radical (unpaired) electrons. The molecule has 0 saturated carbocycles. The Morgan fingerprint density at radius 1 is 0.625 bits per heavy atom. The second-order valence-electron chi connectivity index (χ2n) is 7.91. The minimum Gasteiger partial charge on any atom is -0.491 e. The maximum Gasteiger partial charge on any atom is 0.460 e. The van der Waals surface area contributed by atoms with Crippen molar-refractivity contribution in [2.24, 2.45) is 0 Å². The molecule has 0 heterocycles. The van der Waals surface area contributed by atoms with Gasteiger partial charge in [-0.1, -0.05) is 36.4 Å². The number of benzene rings is 3. The third-order valence-corrected chi connectivity index (χ3v) is 10.5. The van der Waals surface area contributed by atoms with Crippen molar-refractivity contribution in [1.82, 2.24) is 0 Å². The highest BCUT2D eigenvalue weighted by atomic mass is 32.3. The van der Waals surface area contributed by atoms with Crippen molar-refractivity contribution in [1.29, 1.82) is 0 Å². The average molecular weight is 623 g/mol. The van der Waals surface area contributed by atoms with Gasteiger partial charge < -0.3 is 9.84 Å². The van der Waals surface area contributed by atoms with Crippen LogP contribution in [0.4, 0.5) is 39.5 Å². The van der Waals surface area contributed by atoms with Crippen LogP contribution >= 0.6 is 10.3 Å². The molecule has 220 valence electrons. The molecule has 3 aromatic rings. The van der Waals surface area contributed by atoms with Gasteiger partial charge in [0.05, 0.1) is 6.61 Å². The first-order chi connectivity index (χ1) is 18.5. The summed E-state index contributed by atoms with van der Waals surface area (Å²) in [5.41, 5.74) is 0. The summed E-state index contributed by atoms with van der Waals surface area (Å²) < 4.78 is 159. The Kier molecular flexibility index (Phi) is 8.79. The van der Waals surface area contributed by atoms with Crippen LogP contribution in [-0.4, -0.2) is 50.0 Å². The highest BCUT2D eigenvalue weighted by Gasteiger charge is 2.86. The van der Waals surface area contributed by atoms with Crippen LogP contribution in [0.5, 0.6) is 5.75 Å². The summed E-state index contributed by atoms with van der Waals surface area (Å²) in [5.74, 6) is -14.8. The topological polar surface area (TPSA) is 72.8 Å². The molecule has 1 N–H and O–H groups in total. The van der Waals surface area contributed by atoms with Gasteiger partial charge in [-0.25, -0.2) is 3.63 Å². The molecule has 0 spiro atoms. The molecule has 5 nitrogen and oxygen atoms in total. The molecule has 0 aliphatic carbocycles. The molecule has 0 fully saturated rings. The van der Waals surface area contributed by atoms with Crippen molar-refractivity contribution in [3.05, 3.63) is 84.9 Å². The Hall–Kier alpha value is -2.95. The van der Waals surface area contributed by atoms with E-state index in [1.54, 1.807) is 0 Å². The second kappa shape index (κ2) is 11.1. The fourth-order valence-corrected chi connectivity index (χ4v) is 8.55. The molecular formula is C24H19F9O5S2. The number of hydrogen-bond donors (Lipinski definition) is 1. The number of ether oxygens (including phenoxy) is 1. The Morgan fingerprint density at radius 3 is 1.45 bits per heavy atom. The molecule has 0 aromatic heterocycles. The fourth-order valence-electron chi connectivity index (χ4n) is 3.34. The molecule has 3 rings (SSSR count). The summed E-state index contributed by atoms with van der Waals surface area (Å²) in [7, 11) is -11.4. The lowest BCUT2D eigenvalue weighted by atomic mass is 10.1. The zero-order valence-corrected chi connectivity index (χ0v) is 21.4. The van der Waals surface area contributed by atoms with Crippen LogP contribution in [0.2, 0.25) is 0 Å². The van der Waals surface area contributed by atoms with Crippen LogP contribution in [0.25, 0.3) is 0 Å². The fraction of sp³-hybridized carbons (Fsp3) is 0.250. The van der Waals surface area contributed by atoms with E-state index in [1.807, 2.05) is 0 Å². The van der Waals surface area contributed by atoms with E-state index in [2.05, 4.69) is 0 Å². The van der Waals surface area contributed by atoms with E-state index in [0.29, 0.717) is 0 Å². The Bertz CT molecular complexity index is 1340. The monoisotopic (exact) mass is 622 g/mol. The minimum absolute atomic E-state index is 0.0942. The predicted octanol–water partition coefficient (Wildman–Crippen LogP) is 7.03. The quantitative estimate of drug-likeness (QED) is 0.233. The van der Waals surface area contributed by atoms with Gasteiger partial charge >= 0.3 is 33.4 Å². The second-order valence-corrected chi connectivity index (χ2v) is 12.4. The van der Waals surface area contributed by atoms with E-state index in [9.17, 15) is 47.9 Å². The van der Waals surface area contributed by atoms with Gasteiger partial charge in [0.2, 0.25) is 0 Å². The summed E-state index contributed by atoms with van der Waals surface area (Å²) >= 11 is 0. The lowest BCUT2D eigenvalue weighted by Crippen LogP contribution is -2.63. The molecule has 0 saturated heterocycles. The van der Waals surface area contributed by atoms with Gasteiger partial charge in [-0.2, -0.15) is 47.9 Å². The molecule has 3 aromatic carbocycles. The summed E-state index contributed by atoms with van der Waals surface area (Å²) in [6, 6.07) is 17.4. The smallest absolute Gasteiger partial charge is 0.460 e. The van der Waals surface area contributed by atoms with Gasteiger partial charge in [-0.3, -0.25) is 0 Å². The maximum absolute atomic E-state index is 14.8. The van der Waals surface area contributed by atoms with Crippen molar-refractivity contribution in [2.45, 2.75) is 38.0 Å². The molecule has 0 bridgehead atoms. The lowest BCUT2D eigenvalue weighted by molar-refractivity contribution is -0.382. The van der Waals surface area contributed by atoms with Gasteiger partial charge in [-0.05, 0) is 58.8 Å². The molecule has 40 heavy (non-hydrogen) atoms. The van der Waals surface area contributed by atoms with Crippen molar-refractivity contribution in [3.63, 3.8) is 0 Å². The van der Waals surface area contributed by atoms with Crippen LogP contribution in [0, 0.1) is 0 Å². The number of aliphatic hydroxyl groups is 1. The van der Waals surface area contributed by atoms with Crippen molar-refractivity contribution in [2.75, 3.05) is 13.2 Å². The molecule has 0 unspecified atom stereocenters. The van der Waals surface area contributed by atoms with E-state index in [1.165, 1.54) is 72.8 Å². The lowest BCUT2D eigenvalue weighted by Gasteiger charge is -2.41. The van der Waals surface area contributed by atoms with E-state index in [0.717, 1.165) is 12.1 Å². The Labute approximate surface area is 223 Å². The minimum atomic E-state index is -7.47. The molecule has 0 aliphatic heterocycles. The first-order valence-corrected chi connectivity index (χ1v) is 13.9. The third-order valence-electron chi connectivity index (χ3n) is 5.29. The van der Waals surface area contributed by atoms with Gasteiger partial charge in [0, 0.05) is 14.7 Å². The number of alkyl halides is 9. The van der Waals surface area contributed by atoms with Crippen LogP contribution in [0.15, 0.2) is 99.6 Å². The molecule has 0 amide bonds. The summed E-state index contributed by atoms with van der Waals surface area (Å²) in [6.07, 6.45) is -7.23. The van der Waals surface area contributed by atoms with Crippen LogP contribution < -0.4 is 4.74 Å². The molecule has 0 atom stereocenters. The third kappa shape index (κ3) is 5.36. The number of aliphatic hydroxyl groups excluding tert-OH is 1. The van der Waals surface area contributed by atoms with Crippen LogP contribution in [-0.2, 0) is 13.7 Å². The van der Waals surface area contributed by atoms with Crippen molar-refractivity contribution < 1.29 is 61.4 Å². The number of halogens is 9. The van der Waals surface area contributed by atoms with Crippen molar-refractivity contribution >= 4 is 20.4 Å². The standard InChI is InChI=1S/C24H19F9O5S2/c25-21(26,23(29,30)31)22(27,28)24(32,33)40(35,36)38-39(18-7-3-1-4-8-18,19-9-5-2-6-10-19)20-13-11-17(12-14-20)37-16-15-34/h1-14,34H,15-16H2. The first-order valence-electron chi connectivity index (χ1n) is 10.9. The maximum atomic E-state index is 14.8. The highest BCUT2D eigenvalue weighted by molar-refractivity contribution is 8.33. The zero-order valence-electron chi connectivity index (χ0n) is 19.8. The van der Waals surface area contributed by atoms with E-state index in [4.69, 9.17) is 13.5 Å². The van der Waals surface area contributed by atoms with E-state index in [-0.39, 0.29) is 27.0 Å². The van der Waals surface area contributed by atoms with Gasteiger partial charge in [0.1, 0.15) is 12.4 Å². The molecule has 0 aliphatic rings. The summed E-state index contributed by atoms with van der Waals surface area (Å²) in [4.78, 5) is -0.683. The largest absolute Gasteiger partial charge is 0.491 e. The Balaban J connectivity index is 2.31. The number of hydrogen-bond acceptors (Lipinski definition) is 5. The first kappa shape index (κ1) is 31.6. The van der Waals surface area contributed by atoms with Crippen LogP contribution in [0.3, 0.4) is 0 Å². The van der Waals surface area contributed by atoms with Crippen molar-refractivity contribution in [3.8, 4) is 5.75 Å². The summed E-state index contributed by atoms with van der Waals surface area (Å²) in [5, 5.41) is 1.86. The average Bonchev–Trinajstić information content (AvgIpc) is 2.91. The Morgan fingerprint density at radius 2 is 1.05 bits per heavy atom. The van der Waals surface area contributed by atoms with Gasteiger partial charge in [-0.15, -0.1) is 0 Å². The molecular weight excluding hydrogens is 603 g/mol. The van der Waals surface area contributed by atoms with E-state index >= 15 is 0 Å². The summed E-state index contributed by atoms with van der Waals surface area (Å²) in [6.45, 7) is -0.563.